The Morgan fingerprint density at radius 1 is 1.14 bits per heavy atom. The number of hydrogen-bond donors (Lipinski definition) is 1. The molecule has 5 rings (SSSR count). The Labute approximate surface area is 207 Å². The van der Waals surface area contributed by atoms with Crippen molar-refractivity contribution >= 4 is 10.9 Å². The van der Waals surface area contributed by atoms with Crippen LogP contribution in [0, 0.1) is 13.8 Å². The van der Waals surface area contributed by atoms with E-state index in [2.05, 4.69) is 64.4 Å². The largest absolute Gasteiger partial charge is 0.376 e. The van der Waals surface area contributed by atoms with Crippen molar-refractivity contribution in [2.24, 2.45) is 0 Å². The lowest BCUT2D eigenvalue weighted by Crippen LogP contribution is -2.41. The first kappa shape index (κ1) is 24.1. The third-order valence-corrected chi connectivity index (χ3v) is 7.83. The number of nitrogens with zero attached hydrogens (tertiary/aromatic N) is 5. The number of pyridine rings is 1. The molecular formula is C27H38N6O2. The van der Waals surface area contributed by atoms with Crippen LogP contribution in [0.3, 0.4) is 0 Å². The van der Waals surface area contributed by atoms with Crippen molar-refractivity contribution in [3.05, 3.63) is 51.1 Å². The van der Waals surface area contributed by atoms with Gasteiger partial charge in [0.25, 0.3) is 5.56 Å². The number of ether oxygens (including phenoxy) is 1. The molecule has 0 unspecified atom stereocenters. The number of aromatic amines is 1. The molecular weight excluding hydrogens is 440 g/mol. The van der Waals surface area contributed by atoms with Gasteiger partial charge in [-0.05, 0) is 79.6 Å². The Kier molecular flexibility index (Phi) is 7.29. The summed E-state index contributed by atoms with van der Waals surface area (Å²) < 4.78 is 7.81. The summed E-state index contributed by atoms with van der Waals surface area (Å²) in [5, 5.41) is 14.0. The van der Waals surface area contributed by atoms with Gasteiger partial charge in [0.05, 0.1) is 18.7 Å². The Hall–Kier alpha value is -2.58. The monoisotopic (exact) mass is 478 g/mol. The van der Waals surface area contributed by atoms with Gasteiger partial charge in [-0.3, -0.25) is 9.69 Å². The van der Waals surface area contributed by atoms with E-state index in [9.17, 15) is 4.79 Å². The van der Waals surface area contributed by atoms with Gasteiger partial charge in [0, 0.05) is 35.7 Å². The summed E-state index contributed by atoms with van der Waals surface area (Å²) in [4.78, 5) is 18.9. The molecule has 1 saturated heterocycles. The average molecular weight is 479 g/mol. The minimum atomic E-state index is -0.00268. The van der Waals surface area contributed by atoms with E-state index < -0.39 is 0 Å². The van der Waals surface area contributed by atoms with Gasteiger partial charge in [-0.25, -0.2) is 4.68 Å². The fraction of sp³-hybridized carbons (Fsp3) is 0.630. The molecule has 35 heavy (non-hydrogen) atoms. The minimum absolute atomic E-state index is 0.00268. The van der Waals surface area contributed by atoms with Gasteiger partial charge in [-0.1, -0.05) is 32.3 Å². The summed E-state index contributed by atoms with van der Waals surface area (Å²) in [7, 11) is 0. The standard InChI is InChI=1S/C27H38N6O2/c1-4-25(26-29-30-31-33(26)17-22-11-8-12-35-22)32(21-9-6-5-7-10-21)16-20-15-23-19(3)13-18(2)14-24(23)28-27(20)34/h13-15,21-22,25H,4-12,16-17H2,1-3H3,(H,28,34)/t22-,25+/m1/s1. The predicted molar refractivity (Wildman–Crippen MR) is 136 cm³/mol. The highest BCUT2D eigenvalue weighted by molar-refractivity contribution is 5.83. The fourth-order valence-electron chi connectivity index (χ4n) is 6.06. The summed E-state index contributed by atoms with van der Waals surface area (Å²) in [6.07, 6.45) is 9.23. The van der Waals surface area contributed by atoms with Crippen LogP contribution in [0.5, 0.6) is 0 Å². The van der Waals surface area contributed by atoms with Crippen LogP contribution in [0.25, 0.3) is 10.9 Å². The third kappa shape index (κ3) is 5.19. The molecule has 2 aromatic heterocycles. The number of nitrogens with one attached hydrogen (secondary N) is 1. The van der Waals surface area contributed by atoms with Gasteiger partial charge in [-0.15, -0.1) is 5.10 Å². The van der Waals surface area contributed by atoms with E-state index in [1.54, 1.807) is 0 Å². The van der Waals surface area contributed by atoms with E-state index >= 15 is 0 Å². The summed E-state index contributed by atoms with van der Waals surface area (Å²) in [6.45, 7) is 8.47. The summed E-state index contributed by atoms with van der Waals surface area (Å²) in [6, 6.07) is 6.79. The fourth-order valence-corrected chi connectivity index (χ4v) is 6.06. The van der Waals surface area contributed by atoms with Crippen molar-refractivity contribution in [1.29, 1.82) is 0 Å². The molecule has 0 amide bonds. The second-order valence-corrected chi connectivity index (χ2v) is 10.4. The summed E-state index contributed by atoms with van der Waals surface area (Å²) >= 11 is 0. The molecule has 1 aliphatic carbocycles. The lowest BCUT2D eigenvalue weighted by atomic mass is 9.92. The van der Waals surface area contributed by atoms with Gasteiger partial charge >= 0.3 is 0 Å². The first-order chi connectivity index (χ1) is 17.0. The van der Waals surface area contributed by atoms with Crippen LogP contribution in [0.4, 0.5) is 0 Å². The highest BCUT2D eigenvalue weighted by Crippen LogP contribution is 2.33. The average Bonchev–Trinajstić information content (AvgIpc) is 3.53. The maximum Gasteiger partial charge on any atom is 0.252 e. The predicted octanol–water partition coefficient (Wildman–Crippen LogP) is 4.60. The van der Waals surface area contributed by atoms with E-state index in [0.29, 0.717) is 19.1 Å². The molecule has 3 aromatic rings. The van der Waals surface area contributed by atoms with Crippen LogP contribution in [0.15, 0.2) is 23.0 Å². The van der Waals surface area contributed by atoms with Crippen LogP contribution in [0.2, 0.25) is 0 Å². The summed E-state index contributed by atoms with van der Waals surface area (Å²) in [5.74, 6) is 0.887. The van der Waals surface area contributed by atoms with Gasteiger partial charge in [0.15, 0.2) is 5.82 Å². The number of aryl methyl sites for hydroxylation is 2. The first-order valence-electron chi connectivity index (χ1n) is 13.3. The number of hydrogen-bond acceptors (Lipinski definition) is 6. The van der Waals surface area contributed by atoms with E-state index in [1.807, 2.05) is 4.68 Å². The van der Waals surface area contributed by atoms with Crippen molar-refractivity contribution in [2.45, 2.75) is 103 Å². The molecule has 0 spiro atoms. The van der Waals surface area contributed by atoms with Crippen molar-refractivity contribution in [2.75, 3.05) is 6.61 Å². The molecule has 1 saturated carbocycles. The molecule has 3 heterocycles. The van der Waals surface area contributed by atoms with E-state index in [0.717, 1.165) is 66.6 Å². The van der Waals surface area contributed by atoms with Gasteiger partial charge in [0.1, 0.15) is 0 Å². The van der Waals surface area contributed by atoms with Crippen LogP contribution in [-0.4, -0.2) is 48.8 Å². The maximum absolute atomic E-state index is 13.2. The number of H-pyrrole nitrogens is 1. The highest BCUT2D eigenvalue weighted by Gasteiger charge is 2.32. The molecule has 1 aromatic carbocycles. The molecule has 2 aliphatic rings. The highest BCUT2D eigenvalue weighted by atomic mass is 16.5. The molecule has 8 nitrogen and oxygen atoms in total. The number of fused-ring (bicyclic) bond motifs is 1. The normalized spacial score (nSPS) is 20.2. The van der Waals surface area contributed by atoms with Crippen molar-refractivity contribution in [3.63, 3.8) is 0 Å². The summed E-state index contributed by atoms with van der Waals surface area (Å²) in [5.41, 5.74) is 4.07. The zero-order valence-electron chi connectivity index (χ0n) is 21.3. The Morgan fingerprint density at radius 3 is 2.71 bits per heavy atom. The zero-order valence-corrected chi connectivity index (χ0v) is 21.3. The molecule has 1 N–H and O–H groups in total. The SMILES string of the molecule is CC[C@@H](c1nnnn1C[C@H]1CCCO1)N(Cc1cc2c(C)cc(C)cc2[nH]c1=O)C1CCCCC1. The maximum atomic E-state index is 13.2. The molecule has 0 bridgehead atoms. The molecule has 8 heteroatoms. The Balaban J connectivity index is 1.50. The van der Waals surface area contributed by atoms with Gasteiger partial charge < -0.3 is 9.72 Å². The second-order valence-electron chi connectivity index (χ2n) is 10.4. The smallest absolute Gasteiger partial charge is 0.252 e. The minimum Gasteiger partial charge on any atom is -0.376 e. The van der Waals surface area contributed by atoms with Crippen LogP contribution in [0.1, 0.15) is 86.8 Å². The quantitative estimate of drug-likeness (QED) is 0.509. The lowest BCUT2D eigenvalue weighted by Gasteiger charge is -2.39. The molecule has 1 aliphatic heterocycles. The Bertz CT molecular complexity index is 1210. The van der Waals surface area contributed by atoms with Gasteiger partial charge in [0.2, 0.25) is 0 Å². The number of tetrazole rings is 1. The van der Waals surface area contributed by atoms with E-state index in [1.165, 1.54) is 24.8 Å². The molecule has 188 valence electrons. The topological polar surface area (TPSA) is 88.9 Å². The first-order valence-corrected chi connectivity index (χ1v) is 13.3. The number of aromatic nitrogens is 5. The van der Waals surface area contributed by atoms with E-state index in [4.69, 9.17) is 4.74 Å². The van der Waals surface area contributed by atoms with E-state index in [-0.39, 0.29) is 17.7 Å². The van der Waals surface area contributed by atoms with Crippen LogP contribution >= 0.6 is 0 Å². The number of benzene rings is 1. The Morgan fingerprint density at radius 2 is 1.97 bits per heavy atom. The van der Waals surface area contributed by atoms with Crippen molar-refractivity contribution in [3.8, 4) is 0 Å². The molecule has 2 fully saturated rings. The van der Waals surface area contributed by atoms with Crippen LogP contribution < -0.4 is 5.56 Å². The van der Waals surface area contributed by atoms with Crippen molar-refractivity contribution in [1.82, 2.24) is 30.1 Å². The van der Waals surface area contributed by atoms with Crippen molar-refractivity contribution < 1.29 is 4.74 Å². The zero-order chi connectivity index (χ0) is 24.4. The third-order valence-electron chi connectivity index (χ3n) is 7.83. The van der Waals surface area contributed by atoms with Crippen LogP contribution in [-0.2, 0) is 17.8 Å². The number of rotatable bonds is 8. The lowest BCUT2D eigenvalue weighted by molar-refractivity contribution is 0.0734. The molecule has 2 atom stereocenters. The second kappa shape index (κ2) is 10.6. The molecule has 0 radical (unpaired) electrons. The van der Waals surface area contributed by atoms with Gasteiger partial charge in [-0.2, -0.15) is 0 Å².